The smallest absolute Gasteiger partial charge is 0.255 e. The summed E-state index contributed by atoms with van der Waals surface area (Å²) >= 11 is 0. The van der Waals surface area contributed by atoms with Gasteiger partial charge in [-0.1, -0.05) is 29.4 Å². The molecular formula is C18H17N7O. The summed E-state index contributed by atoms with van der Waals surface area (Å²) in [6.45, 7) is 3.79. The number of aryl methyl sites for hydroxylation is 1. The molecule has 4 rings (SSSR count). The highest BCUT2D eigenvalue weighted by Gasteiger charge is 2.34. The highest BCUT2D eigenvalue weighted by Crippen LogP contribution is 2.34. The summed E-state index contributed by atoms with van der Waals surface area (Å²) in [5.74, 6) is 0.281. The Morgan fingerprint density at radius 3 is 2.81 bits per heavy atom. The molecule has 8 heteroatoms. The normalized spacial score (nSPS) is 16.0. The molecule has 1 aliphatic rings. The maximum Gasteiger partial charge on any atom is 0.255 e. The number of carbonyl (C=O) groups excluding carboxylic acids is 1. The number of nitrogens with one attached hydrogen (secondary N) is 2. The fraction of sp³-hybridized carbons (Fsp3) is 0.167. The molecule has 0 fully saturated rings. The second kappa shape index (κ2) is 6.40. The molecular weight excluding hydrogens is 330 g/mol. The lowest BCUT2D eigenvalue weighted by molar-refractivity contribution is -0.113. The quantitative estimate of drug-likeness (QED) is 0.754. The maximum atomic E-state index is 13.1. The van der Waals surface area contributed by atoms with E-state index in [2.05, 4.69) is 31.1 Å². The van der Waals surface area contributed by atoms with Gasteiger partial charge in [0.1, 0.15) is 6.04 Å². The number of para-hydroxylation sites is 1. The summed E-state index contributed by atoms with van der Waals surface area (Å²) in [7, 11) is 0. The van der Waals surface area contributed by atoms with Crippen LogP contribution in [0.4, 0.5) is 11.6 Å². The first-order valence-electron chi connectivity index (χ1n) is 8.17. The minimum absolute atomic E-state index is 0.209. The Bertz CT molecular complexity index is 994. The number of tetrazole rings is 1. The number of pyridine rings is 1. The Labute approximate surface area is 150 Å². The summed E-state index contributed by atoms with van der Waals surface area (Å²) in [4.78, 5) is 17.3. The van der Waals surface area contributed by atoms with Crippen LogP contribution >= 0.6 is 0 Å². The average molecular weight is 347 g/mol. The molecule has 0 radical (unpaired) electrons. The second-order valence-electron chi connectivity index (χ2n) is 6.07. The van der Waals surface area contributed by atoms with Crippen molar-refractivity contribution < 1.29 is 4.79 Å². The highest BCUT2D eigenvalue weighted by molar-refractivity contribution is 6.06. The van der Waals surface area contributed by atoms with E-state index in [9.17, 15) is 4.79 Å². The van der Waals surface area contributed by atoms with Crippen LogP contribution in [0.1, 0.15) is 24.1 Å². The van der Waals surface area contributed by atoms with E-state index in [1.807, 2.05) is 50.2 Å². The van der Waals surface area contributed by atoms with Crippen LogP contribution in [0.25, 0.3) is 0 Å². The van der Waals surface area contributed by atoms with Crippen LogP contribution in [-0.2, 0) is 4.79 Å². The predicted octanol–water partition coefficient (Wildman–Crippen LogP) is 2.30. The Hall–Kier alpha value is -3.55. The van der Waals surface area contributed by atoms with E-state index in [0.717, 1.165) is 16.8 Å². The van der Waals surface area contributed by atoms with Crippen LogP contribution in [0.5, 0.6) is 0 Å². The van der Waals surface area contributed by atoms with Crippen LogP contribution in [0.2, 0.25) is 0 Å². The molecule has 3 heterocycles. The summed E-state index contributed by atoms with van der Waals surface area (Å²) < 4.78 is 1.59. The Morgan fingerprint density at radius 2 is 2.04 bits per heavy atom. The summed E-state index contributed by atoms with van der Waals surface area (Å²) in [6.07, 6.45) is 3.41. The van der Waals surface area contributed by atoms with Crippen molar-refractivity contribution >= 4 is 17.5 Å². The van der Waals surface area contributed by atoms with Gasteiger partial charge in [-0.2, -0.15) is 4.68 Å². The molecule has 1 aromatic carbocycles. The number of nitrogens with zero attached hydrogens (tertiary/aromatic N) is 5. The van der Waals surface area contributed by atoms with Crippen molar-refractivity contribution in [3.05, 3.63) is 71.2 Å². The predicted molar refractivity (Wildman–Crippen MR) is 96.3 cm³/mol. The van der Waals surface area contributed by atoms with Crippen molar-refractivity contribution in [2.75, 3.05) is 10.6 Å². The van der Waals surface area contributed by atoms with Crippen LogP contribution in [-0.4, -0.2) is 31.1 Å². The van der Waals surface area contributed by atoms with Gasteiger partial charge < -0.3 is 10.6 Å². The molecule has 0 saturated carbocycles. The van der Waals surface area contributed by atoms with Crippen molar-refractivity contribution in [3.8, 4) is 0 Å². The van der Waals surface area contributed by atoms with Crippen LogP contribution < -0.4 is 10.6 Å². The third-order valence-electron chi connectivity index (χ3n) is 4.35. The van der Waals surface area contributed by atoms with Gasteiger partial charge in [-0.3, -0.25) is 9.78 Å². The van der Waals surface area contributed by atoms with Gasteiger partial charge in [0.05, 0.1) is 5.57 Å². The van der Waals surface area contributed by atoms with Crippen molar-refractivity contribution in [2.45, 2.75) is 19.9 Å². The molecule has 3 aromatic rings. The molecule has 130 valence electrons. The maximum absolute atomic E-state index is 13.1. The number of allylic oxidation sites excluding steroid dienone is 1. The van der Waals surface area contributed by atoms with Crippen LogP contribution in [0.15, 0.2) is 60.1 Å². The van der Waals surface area contributed by atoms with E-state index < -0.39 is 6.04 Å². The molecule has 1 atom stereocenters. The summed E-state index contributed by atoms with van der Waals surface area (Å²) in [6, 6.07) is 10.9. The lowest BCUT2D eigenvalue weighted by Crippen LogP contribution is -2.31. The number of rotatable bonds is 3. The highest BCUT2D eigenvalue weighted by atomic mass is 16.1. The Kier molecular flexibility index (Phi) is 3.92. The van der Waals surface area contributed by atoms with E-state index in [4.69, 9.17) is 0 Å². The van der Waals surface area contributed by atoms with Gasteiger partial charge in [-0.25, -0.2) is 0 Å². The molecule has 0 saturated heterocycles. The van der Waals surface area contributed by atoms with Gasteiger partial charge in [-0.05, 0) is 47.5 Å². The Morgan fingerprint density at radius 1 is 1.19 bits per heavy atom. The van der Waals surface area contributed by atoms with Crippen molar-refractivity contribution in [2.24, 2.45) is 0 Å². The average Bonchev–Trinajstić information content (AvgIpc) is 3.11. The lowest BCUT2D eigenvalue weighted by Gasteiger charge is -2.27. The van der Waals surface area contributed by atoms with E-state index in [1.165, 1.54) is 0 Å². The van der Waals surface area contributed by atoms with Crippen molar-refractivity contribution in [1.82, 2.24) is 25.2 Å². The first-order valence-corrected chi connectivity index (χ1v) is 8.17. The summed E-state index contributed by atoms with van der Waals surface area (Å²) in [5, 5.41) is 17.9. The van der Waals surface area contributed by atoms with E-state index in [-0.39, 0.29) is 5.91 Å². The molecule has 0 bridgehead atoms. The molecule has 2 N–H and O–H groups in total. The standard InChI is InChI=1S/C18H17N7O/c1-11-6-3-4-8-14(11)21-17(26)15-12(2)20-18-22-23-24-25(18)16(15)13-7-5-9-19-10-13/h3-10,16H,1-2H3,(H,21,26)(H,20,22,24)/t16-/m1/s1. The van der Waals surface area contributed by atoms with Gasteiger partial charge in [-0.15, -0.1) is 0 Å². The molecule has 8 nitrogen and oxygen atoms in total. The van der Waals surface area contributed by atoms with Gasteiger partial charge in [0.15, 0.2) is 0 Å². The third-order valence-corrected chi connectivity index (χ3v) is 4.35. The third kappa shape index (κ3) is 2.71. The van der Waals surface area contributed by atoms with E-state index in [0.29, 0.717) is 17.2 Å². The first kappa shape index (κ1) is 15.9. The van der Waals surface area contributed by atoms with E-state index in [1.54, 1.807) is 17.1 Å². The fourth-order valence-electron chi connectivity index (χ4n) is 3.06. The van der Waals surface area contributed by atoms with Gasteiger partial charge >= 0.3 is 0 Å². The zero-order valence-electron chi connectivity index (χ0n) is 14.3. The zero-order chi connectivity index (χ0) is 18.1. The largest absolute Gasteiger partial charge is 0.326 e. The molecule has 2 aromatic heterocycles. The van der Waals surface area contributed by atoms with E-state index >= 15 is 0 Å². The van der Waals surface area contributed by atoms with Crippen molar-refractivity contribution in [3.63, 3.8) is 0 Å². The number of hydrogen-bond acceptors (Lipinski definition) is 6. The van der Waals surface area contributed by atoms with Crippen LogP contribution in [0, 0.1) is 6.92 Å². The molecule has 26 heavy (non-hydrogen) atoms. The summed E-state index contributed by atoms with van der Waals surface area (Å²) in [5.41, 5.74) is 3.83. The van der Waals surface area contributed by atoms with Gasteiger partial charge in [0.25, 0.3) is 5.91 Å². The second-order valence-corrected chi connectivity index (χ2v) is 6.07. The number of carbonyl (C=O) groups is 1. The lowest BCUT2D eigenvalue weighted by atomic mass is 9.96. The van der Waals surface area contributed by atoms with Crippen molar-refractivity contribution in [1.29, 1.82) is 0 Å². The topological polar surface area (TPSA) is 97.6 Å². The number of anilines is 2. The molecule has 1 aliphatic heterocycles. The molecule has 0 spiro atoms. The molecule has 1 amide bonds. The SMILES string of the molecule is CC1=C(C(=O)Nc2ccccc2C)[C@@H](c2cccnc2)n2nnnc2N1. The van der Waals surface area contributed by atoms with Gasteiger partial charge in [0, 0.05) is 23.8 Å². The number of hydrogen-bond donors (Lipinski definition) is 2. The monoisotopic (exact) mass is 347 g/mol. The number of fused-ring (bicyclic) bond motifs is 1. The van der Waals surface area contributed by atoms with Gasteiger partial charge in [0.2, 0.25) is 5.95 Å². The fourth-order valence-corrected chi connectivity index (χ4v) is 3.06. The number of benzene rings is 1. The minimum atomic E-state index is -0.459. The minimum Gasteiger partial charge on any atom is -0.326 e. The number of amides is 1. The zero-order valence-corrected chi connectivity index (χ0v) is 14.3. The first-order chi connectivity index (χ1) is 12.6. The van der Waals surface area contributed by atoms with Crippen LogP contribution in [0.3, 0.4) is 0 Å². The Balaban J connectivity index is 1.77. The molecule has 0 aliphatic carbocycles. The number of aromatic nitrogens is 5. The molecule has 0 unspecified atom stereocenters.